The van der Waals surface area contributed by atoms with E-state index in [1.54, 1.807) is 6.07 Å². The number of phenolic OH excluding ortho intramolecular Hbond substituents is 1. The number of tetrazole rings is 1. The molecule has 4 aromatic rings. The molecule has 0 spiro atoms. The van der Waals surface area contributed by atoms with E-state index < -0.39 is 0 Å². The lowest BCUT2D eigenvalue weighted by Crippen LogP contribution is -1.84. The van der Waals surface area contributed by atoms with E-state index in [0.29, 0.717) is 27.2 Å². The Kier molecular flexibility index (Phi) is 4.48. The minimum Gasteiger partial charge on any atom is -0.506 e. The SMILES string of the molecule is Oc1ccc2ccccc2c1N=Nc1c(Br)cc(Br)cc1-c1nn[nH]n1. The number of aromatic hydroxyl groups is 1. The zero-order valence-corrected chi connectivity index (χ0v) is 16.2. The number of aromatic nitrogens is 4. The summed E-state index contributed by atoms with van der Waals surface area (Å²) in [5.74, 6) is 0.449. The van der Waals surface area contributed by atoms with Gasteiger partial charge >= 0.3 is 0 Å². The first-order valence-electron chi connectivity index (χ1n) is 7.49. The maximum Gasteiger partial charge on any atom is 0.206 e. The number of benzene rings is 3. The highest BCUT2D eigenvalue weighted by atomic mass is 79.9. The monoisotopic (exact) mass is 472 g/mol. The van der Waals surface area contributed by atoms with Gasteiger partial charge in [0, 0.05) is 14.3 Å². The normalized spacial score (nSPS) is 11.5. The average molecular weight is 474 g/mol. The van der Waals surface area contributed by atoms with Gasteiger partial charge in [-0.2, -0.15) is 5.21 Å². The Bertz CT molecular complexity index is 1130. The van der Waals surface area contributed by atoms with Gasteiger partial charge in [-0.05, 0) is 44.7 Å². The van der Waals surface area contributed by atoms with Crippen LogP contribution < -0.4 is 0 Å². The summed E-state index contributed by atoms with van der Waals surface area (Å²) < 4.78 is 1.53. The highest BCUT2D eigenvalue weighted by Gasteiger charge is 2.15. The number of hydrogen-bond donors (Lipinski definition) is 2. The van der Waals surface area contributed by atoms with Crippen molar-refractivity contribution in [3.05, 3.63) is 57.5 Å². The molecule has 7 nitrogen and oxygen atoms in total. The van der Waals surface area contributed by atoms with Crippen LogP contribution in [0.5, 0.6) is 5.75 Å². The number of nitrogens with zero attached hydrogens (tertiary/aromatic N) is 5. The quantitative estimate of drug-likeness (QED) is 0.374. The molecule has 0 saturated carbocycles. The first-order valence-corrected chi connectivity index (χ1v) is 9.07. The van der Waals surface area contributed by atoms with Gasteiger partial charge in [-0.15, -0.1) is 20.4 Å². The molecule has 26 heavy (non-hydrogen) atoms. The lowest BCUT2D eigenvalue weighted by molar-refractivity contribution is 0.477. The number of phenols is 1. The summed E-state index contributed by atoms with van der Waals surface area (Å²) in [6.45, 7) is 0. The molecular formula is C17H10Br2N6O. The van der Waals surface area contributed by atoms with E-state index in [1.807, 2.05) is 42.5 Å². The number of rotatable bonds is 3. The van der Waals surface area contributed by atoms with Gasteiger partial charge in [0.2, 0.25) is 5.82 Å². The number of aromatic amines is 1. The number of nitrogens with one attached hydrogen (secondary N) is 1. The van der Waals surface area contributed by atoms with Crippen molar-refractivity contribution in [1.29, 1.82) is 0 Å². The van der Waals surface area contributed by atoms with Crippen molar-refractivity contribution >= 4 is 54.0 Å². The molecule has 0 aliphatic heterocycles. The van der Waals surface area contributed by atoms with E-state index in [9.17, 15) is 5.11 Å². The minimum atomic E-state index is 0.0572. The average Bonchev–Trinajstić information content (AvgIpc) is 3.16. The fourth-order valence-corrected chi connectivity index (χ4v) is 3.87. The zero-order chi connectivity index (χ0) is 18.1. The van der Waals surface area contributed by atoms with Crippen LogP contribution in [0.3, 0.4) is 0 Å². The van der Waals surface area contributed by atoms with Gasteiger partial charge in [-0.25, -0.2) is 0 Å². The molecule has 0 bridgehead atoms. The van der Waals surface area contributed by atoms with Crippen LogP contribution in [0, 0.1) is 0 Å². The molecule has 0 atom stereocenters. The highest BCUT2D eigenvalue weighted by Crippen LogP contribution is 2.41. The summed E-state index contributed by atoms with van der Waals surface area (Å²) in [5, 5.41) is 34.7. The van der Waals surface area contributed by atoms with Crippen molar-refractivity contribution < 1.29 is 5.11 Å². The van der Waals surface area contributed by atoms with Gasteiger partial charge in [-0.3, -0.25) is 0 Å². The van der Waals surface area contributed by atoms with Crippen molar-refractivity contribution in [3.8, 4) is 17.1 Å². The summed E-state index contributed by atoms with van der Waals surface area (Å²) >= 11 is 6.94. The molecule has 0 radical (unpaired) electrons. The fourth-order valence-electron chi connectivity index (χ4n) is 2.56. The Morgan fingerprint density at radius 2 is 1.77 bits per heavy atom. The van der Waals surface area contributed by atoms with Gasteiger partial charge < -0.3 is 5.11 Å². The molecule has 2 N–H and O–H groups in total. The van der Waals surface area contributed by atoms with E-state index >= 15 is 0 Å². The second-order valence-corrected chi connectivity index (χ2v) is 7.14. The fraction of sp³-hybridized carbons (Fsp3) is 0. The molecule has 0 saturated heterocycles. The first kappa shape index (κ1) is 16.8. The first-order chi connectivity index (χ1) is 12.6. The number of hydrogen-bond acceptors (Lipinski definition) is 6. The van der Waals surface area contributed by atoms with Crippen LogP contribution in [-0.4, -0.2) is 25.7 Å². The Labute approximate surface area is 164 Å². The lowest BCUT2D eigenvalue weighted by atomic mass is 10.1. The number of fused-ring (bicyclic) bond motifs is 1. The Balaban J connectivity index is 1.88. The largest absolute Gasteiger partial charge is 0.506 e. The molecule has 0 fully saturated rings. The van der Waals surface area contributed by atoms with Gasteiger partial charge in [0.25, 0.3) is 0 Å². The van der Waals surface area contributed by atoms with Crippen LogP contribution in [0.1, 0.15) is 0 Å². The molecule has 4 rings (SSSR count). The summed E-state index contributed by atoms with van der Waals surface area (Å²) in [7, 11) is 0. The molecule has 1 aromatic heterocycles. The van der Waals surface area contributed by atoms with Crippen LogP contribution in [0.4, 0.5) is 11.4 Å². The van der Waals surface area contributed by atoms with E-state index in [2.05, 4.69) is 62.7 Å². The second kappa shape index (κ2) is 6.93. The summed E-state index contributed by atoms with van der Waals surface area (Å²) in [4.78, 5) is 0. The number of halogens is 2. The van der Waals surface area contributed by atoms with Crippen molar-refractivity contribution in [1.82, 2.24) is 20.6 Å². The molecule has 0 aliphatic rings. The Morgan fingerprint density at radius 1 is 0.962 bits per heavy atom. The number of azo groups is 1. The predicted molar refractivity (Wildman–Crippen MR) is 105 cm³/mol. The Hall–Kier alpha value is -2.65. The smallest absolute Gasteiger partial charge is 0.206 e. The molecule has 0 aliphatic carbocycles. The minimum absolute atomic E-state index is 0.0572. The molecule has 128 valence electrons. The van der Waals surface area contributed by atoms with Crippen LogP contribution in [0.2, 0.25) is 0 Å². The Morgan fingerprint density at radius 3 is 2.58 bits per heavy atom. The molecular weight excluding hydrogens is 464 g/mol. The zero-order valence-electron chi connectivity index (χ0n) is 13.1. The molecule has 0 unspecified atom stereocenters. The maximum absolute atomic E-state index is 10.2. The lowest BCUT2D eigenvalue weighted by Gasteiger charge is -2.06. The van der Waals surface area contributed by atoms with Gasteiger partial charge in [0.1, 0.15) is 17.1 Å². The summed E-state index contributed by atoms with van der Waals surface area (Å²) in [6.07, 6.45) is 0. The molecule has 9 heteroatoms. The van der Waals surface area contributed by atoms with Crippen molar-refractivity contribution in [3.63, 3.8) is 0 Å². The van der Waals surface area contributed by atoms with Gasteiger partial charge in [-0.1, -0.05) is 46.3 Å². The molecule has 1 heterocycles. The van der Waals surface area contributed by atoms with Gasteiger partial charge in [0.05, 0.1) is 5.56 Å². The summed E-state index contributed by atoms with van der Waals surface area (Å²) in [6, 6.07) is 14.8. The third-order valence-corrected chi connectivity index (χ3v) is 4.81. The van der Waals surface area contributed by atoms with Crippen LogP contribution in [-0.2, 0) is 0 Å². The molecule has 3 aromatic carbocycles. The topological polar surface area (TPSA) is 99.4 Å². The van der Waals surface area contributed by atoms with E-state index in [4.69, 9.17) is 0 Å². The maximum atomic E-state index is 10.2. The van der Waals surface area contributed by atoms with Crippen molar-refractivity contribution in [2.45, 2.75) is 0 Å². The van der Waals surface area contributed by atoms with Crippen molar-refractivity contribution in [2.75, 3.05) is 0 Å². The molecule has 0 amide bonds. The van der Waals surface area contributed by atoms with Crippen LogP contribution >= 0.6 is 31.9 Å². The number of H-pyrrole nitrogens is 1. The third-order valence-electron chi connectivity index (χ3n) is 3.74. The van der Waals surface area contributed by atoms with Crippen LogP contribution in [0.15, 0.2) is 67.7 Å². The van der Waals surface area contributed by atoms with Crippen molar-refractivity contribution in [2.24, 2.45) is 10.2 Å². The van der Waals surface area contributed by atoms with E-state index in [-0.39, 0.29) is 5.75 Å². The van der Waals surface area contributed by atoms with E-state index in [0.717, 1.165) is 15.2 Å². The van der Waals surface area contributed by atoms with Crippen LogP contribution in [0.25, 0.3) is 22.2 Å². The standard InChI is InChI=1S/C17H10Br2N6O/c18-10-7-12(17-22-24-25-23-17)15(13(19)8-10)20-21-16-11-4-2-1-3-9(11)5-6-14(16)26/h1-8,26H,(H,22,23,24,25). The second-order valence-electron chi connectivity index (χ2n) is 5.37. The predicted octanol–water partition coefficient (Wildman–Crippen LogP) is 5.67. The summed E-state index contributed by atoms with van der Waals surface area (Å²) in [5.41, 5.74) is 1.57. The third kappa shape index (κ3) is 3.11. The van der Waals surface area contributed by atoms with E-state index in [1.165, 1.54) is 0 Å². The van der Waals surface area contributed by atoms with Gasteiger partial charge in [0.15, 0.2) is 0 Å². The highest BCUT2D eigenvalue weighted by molar-refractivity contribution is 9.11.